The molecule has 0 unspecified atom stereocenters. The van der Waals surface area contributed by atoms with Crippen LogP contribution in [0.15, 0.2) is 214 Å². The maximum atomic E-state index is 12.2. The van der Waals surface area contributed by atoms with Crippen molar-refractivity contribution in [3.63, 3.8) is 0 Å². The van der Waals surface area contributed by atoms with Crippen molar-refractivity contribution >= 4 is 47.2 Å². The number of aliphatic hydroxyl groups excluding tert-OH is 1. The molecule has 0 saturated heterocycles. The standard InChI is InChI=1S/C25H28N8O2.C24H26N8O2.2C23H24N8O2/c1-24(2,3)31-20(34)15-33-14-18(13-29-33)21-30-22(32-35-21)25(9-4-10-25)19-7-5-16(6-8-19)17-11-27-23(26)28-12-17;1-3-31(2)20(33)15-32-14-18(13-28-32)21-29-22(30-34-21)24(9-4-10-24)19-7-5-16(6-8-19)17-11-26-23(25)27-12-17;1-31(9-10-32)19-14-25-18(13-26-19)20-29-21(30-33-20)23(7-2-8-23)17-5-3-15(4-6-17)16-11-27-22(24)28-12-16;1-32-10-9-25-19-14-26-18(13-27-19)20-30-21(31-33-20)23(7-2-8-23)17-5-3-15(4-6-17)16-11-28-22(24)29-12-16/h5-8,11-14H,4,9-10,15H2,1-3H3,(H,31,34)(H2,26,27,28);5-8,11-14H,3-4,9-10,15H2,1-2H3,(H2,25,26,27);3-6,11-14,32H,2,7-10H2,1H3,(H2,24,27,28);3-6,11-14H,2,7-10H2,1H3,(H,25,27)(H2,24,28,29). The molecule has 4 aromatic carbocycles. The van der Waals surface area contributed by atoms with Crippen molar-refractivity contribution < 1.29 is 37.5 Å². The minimum atomic E-state index is -0.299. The predicted molar refractivity (Wildman–Crippen MR) is 500 cm³/mol. The average Bonchev–Trinajstić information content (AvgIpc) is 1.71. The Morgan fingerprint density at radius 3 is 1.07 bits per heavy atom. The van der Waals surface area contributed by atoms with Gasteiger partial charge in [-0.1, -0.05) is 143 Å². The number of rotatable bonds is 28. The van der Waals surface area contributed by atoms with E-state index >= 15 is 0 Å². The van der Waals surface area contributed by atoms with E-state index in [1.807, 2.05) is 39.6 Å². The molecule has 12 heterocycles. The third kappa shape index (κ3) is 20.1. The first-order valence-electron chi connectivity index (χ1n) is 44.4. The molecule has 40 nitrogen and oxygen atoms in total. The number of ether oxygens (including phenoxy) is 1. The summed E-state index contributed by atoms with van der Waals surface area (Å²) in [7, 11) is 5.27. The van der Waals surface area contributed by atoms with Gasteiger partial charge in [-0.05, 0) is 124 Å². The number of hydrogen-bond donors (Lipinski definition) is 7. The molecule has 0 aliphatic heterocycles. The van der Waals surface area contributed by atoms with Gasteiger partial charge in [-0.3, -0.25) is 19.0 Å². The molecule has 135 heavy (non-hydrogen) atoms. The van der Waals surface area contributed by atoms with E-state index in [0.29, 0.717) is 107 Å². The molecular weight excluding hydrogens is 1720 g/mol. The Bertz CT molecular complexity index is 6650. The summed E-state index contributed by atoms with van der Waals surface area (Å²) in [6.07, 6.45) is 39.1. The van der Waals surface area contributed by atoms with Crippen LogP contribution in [0.3, 0.4) is 0 Å². The normalized spacial score (nSPS) is 14.7. The highest BCUT2D eigenvalue weighted by Gasteiger charge is 2.48. The lowest BCUT2D eigenvalue weighted by atomic mass is 9.64. The van der Waals surface area contributed by atoms with Crippen molar-refractivity contribution in [2.45, 2.75) is 145 Å². The molecule has 4 aliphatic carbocycles. The number of amides is 2. The van der Waals surface area contributed by atoms with Gasteiger partial charge in [-0.2, -0.15) is 30.1 Å². The molecule has 4 saturated carbocycles. The van der Waals surface area contributed by atoms with Crippen LogP contribution < -0.4 is 38.5 Å². The fourth-order valence-electron chi connectivity index (χ4n) is 16.5. The molecule has 0 spiro atoms. The van der Waals surface area contributed by atoms with Gasteiger partial charge < -0.3 is 71.3 Å². The van der Waals surface area contributed by atoms with E-state index in [1.165, 1.54) is 0 Å². The summed E-state index contributed by atoms with van der Waals surface area (Å²) in [4.78, 5) is 96.8. The molecule has 16 aromatic rings. The Labute approximate surface area is 775 Å². The Morgan fingerprint density at radius 2 is 0.770 bits per heavy atom. The minimum absolute atomic E-state index is 0.00855. The lowest BCUT2D eigenvalue weighted by molar-refractivity contribution is -0.130. The number of aliphatic hydroxyl groups is 1. The van der Waals surface area contributed by atoms with Crippen molar-refractivity contribution in [3.05, 3.63) is 242 Å². The molecule has 0 bridgehead atoms. The lowest BCUT2D eigenvalue weighted by Crippen LogP contribution is -2.42. The van der Waals surface area contributed by atoms with Gasteiger partial charge in [-0.25, -0.2) is 59.8 Å². The van der Waals surface area contributed by atoms with Gasteiger partial charge in [0.25, 0.3) is 23.6 Å². The Morgan fingerprint density at radius 1 is 0.430 bits per heavy atom. The van der Waals surface area contributed by atoms with E-state index in [4.69, 9.17) is 65.8 Å². The second-order valence-corrected chi connectivity index (χ2v) is 34.7. The van der Waals surface area contributed by atoms with Gasteiger partial charge in [0.1, 0.15) is 36.1 Å². The van der Waals surface area contributed by atoms with Gasteiger partial charge >= 0.3 is 0 Å². The maximum Gasteiger partial charge on any atom is 0.278 e. The monoisotopic (exact) mass is 1820 g/mol. The summed E-state index contributed by atoms with van der Waals surface area (Å²) < 4.78 is 30.5. The van der Waals surface area contributed by atoms with Crippen LogP contribution in [0.5, 0.6) is 0 Å². The zero-order valence-corrected chi connectivity index (χ0v) is 75.7. The van der Waals surface area contributed by atoms with Crippen LogP contribution in [0, 0.1) is 0 Å². The fraction of sp³-hybridized carbons (Fsp3) is 0.326. The smallest absolute Gasteiger partial charge is 0.278 e. The summed E-state index contributed by atoms with van der Waals surface area (Å²) in [6.45, 7) is 10.5. The molecule has 690 valence electrons. The number of likely N-dealkylation sites (N-methyl/N-ethyl adjacent to an activating group) is 2. The van der Waals surface area contributed by atoms with Crippen LogP contribution in [0.4, 0.5) is 35.4 Å². The number of nitrogens with zero attached hydrogens (tertiary/aromatic N) is 26. The zero-order chi connectivity index (χ0) is 93.9. The van der Waals surface area contributed by atoms with Gasteiger partial charge in [0.15, 0.2) is 23.3 Å². The first kappa shape index (κ1) is 90.9. The molecule has 11 N–H and O–H groups in total. The molecule has 2 amide bonds. The van der Waals surface area contributed by atoms with E-state index in [2.05, 4.69) is 203 Å². The van der Waals surface area contributed by atoms with Crippen molar-refractivity contribution in [2.75, 3.05) is 87.2 Å². The summed E-state index contributed by atoms with van der Waals surface area (Å²) in [5.74, 6) is 6.42. The van der Waals surface area contributed by atoms with Crippen molar-refractivity contribution in [1.29, 1.82) is 0 Å². The Kier molecular flexibility index (Phi) is 26.7. The molecular formula is C95H102N32O8. The zero-order valence-electron chi connectivity index (χ0n) is 75.7. The SMILES string of the molecule is CC(C)(C)NC(=O)Cn1cc(-c2nc(C3(c4ccc(-c5cnc(N)nc5)cc4)CCC3)no2)cn1.CCN(C)C(=O)Cn1cc(-c2nc(C3(c4ccc(-c5cnc(N)nc5)cc4)CCC3)no2)cn1.CN(CCO)c1cnc(-c2nc(C3(c4ccc(-c5cnc(N)nc5)cc4)CCC3)no2)cn1.COCCNc1cnc(-c2nc(C3(c4ccc(-c5cnc(N)nc5)cc4)CCC3)no2)cn1. The first-order chi connectivity index (χ1) is 65.5. The van der Waals surface area contributed by atoms with E-state index < -0.39 is 0 Å². The highest BCUT2D eigenvalue weighted by molar-refractivity contribution is 5.77. The van der Waals surface area contributed by atoms with Crippen LogP contribution in [0.2, 0.25) is 0 Å². The molecule has 0 atom stereocenters. The van der Waals surface area contributed by atoms with Gasteiger partial charge in [0.2, 0.25) is 35.6 Å². The van der Waals surface area contributed by atoms with E-state index in [1.54, 1.807) is 128 Å². The number of carbonyl (C=O) groups is 2. The summed E-state index contributed by atoms with van der Waals surface area (Å²) >= 11 is 0. The summed E-state index contributed by atoms with van der Waals surface area (Å²) in [5.41, 5.74) is 35.7. The number of methoxy groups -OCH3 is 1. The highest BCUT2D eigenvalue weighted by Crippen LogP contribution is 2.53. The van der Waals surface area contributed by atoms with Crippen LogP contribution in [-0.2, 0) is 49.1 Å². The highest BCUT2D eigenvalue weighted by atomic mass is 16.5. The summed E-state index contributed by atoms with van der Waals surface area (Å²) in [5, 5.41) is 41.0. The number of carbonyl (C=O) groups excluding carboxylic acids is 2. The Balaban J connectivity index is 0.000000125. The third-order valence-corrected chi connectivity index (χ3v) is 25.0. The van der Waals surface area contributed by atoms with Crippen LogP contribution in [0.25, 0.3) is 90.6 Å². The number of nitrogens with two attached hydrogens (primary N) is 4. The van der Waals surface area contributed by atoms with Gasteiger partial charge in [0.05, 0.1) is 83.2 Å². The first-order valence-corrected chi connectivity index (χ1v) is 44.4. The van der Waals surface area contributed by atoms with Crippen LogP contribution >= 0.6 is 0 Å². The fourth-order valence-corrected chi connectivity index (χ4v) is 16.5. The van der Waals surface area contributed by atoms with Gasteiger partial charge in [0, 0.05) is 131 Å². The number of nitrogens with one attached hydrogen (secondary N) is 2. The summed E-state index contributed by atoms with van der Waals surface area (Å²) in [6, 6.07) is 33.3. The number of anilines is 6. The number of aromatic nitrogens is 24. The minimum Gasteiger partial charge on any atom is -0.395 e. The van der Waals surface area contributed by atoms with Crippen LogP contribution in [0.1, 0.15) is 150 Å². The third-order valence-electron chi connectivity index (χ3n) is 25.0. The van der Waals surface area contributed by atoms with Gasteiger partial charge in [-0.15, -0.1) is 0 Å². The maximum absolute atomic E-state index is 12.2. The quantitative estimate of drug-likeness (QED) is 0.0224. The van der Waals surface area contributed by atoms with Crippen molar-refractivity contribution in [2.24, 2.45) is 0 Å². The largest absolute Gasteiger partial charge is 0.395 e. The topological polar surface area (TPSA) is 544 Å². The molecule has 4 fully saturated rings. The van der Waals surface area contributed by atoms with Crippen LogP contribution in [-0.4, -0.2) is 201 Å². The van der Waals surface area contributed by atoms with E-state index in [-0.39, 0.29) is 82.5 Å². The molecule has 40 heteroatoms. The lowest BCUT2D eigenvalue weighted by Gasteiger charge is -2.39. The number of benzene rings is 4. The molecule has 0 radical (unpaired) electrons. The van der Waals surface area contributed by atoms with Crippen molar-refractivity contribution in [1.82, 2.24) is 130 Å². The molecule has 4 aliphatic rings. The average molecular weight is 1820 g/mol. The second kappa shape index (κ2) is 39.6. The van der Waals surface area contributed by atoms with Crippen molar-refractivity contribution in [3.8, 4) is 90.6 Å². The number of hydrogen-bond acceptors (Lipinski definition) is 36. The predicted octanol–water partition coefficient (Wildman–Crippen LogP) is 11.8. The molecule has 20 rings (SSSR count). The second-order valence-electron chi connectivity index (χ2n) is 34.7. The van der Waals surface area contributed by atoms with E-state index in [9.17, 15) is 9.59 Å². The Hall–Kier alpha value is -16.0. The number of nitrogen functional groups attached to an aromatic ring is 4. The molecule has 12 aromatic heterocycles. The van der Waals surface area contributed by atoms with E-state index in [0.717, 1.165) is 144 Å².